The van der Waals surface area contributed by atoms with Crippen molar-refractivity contribution in [3.8, 4) is 0 Å². The summed E-state index contributed by atoms with van der Waals surface area (Å²) in [7, 11) is 1.31. The summed E-state index contributed by atoms with van der Waals surface area (Å²) in [5.74, 6) is -0.620. The van der Waals surface area contributed by atoms with Gasteiger partial charge in [-0.2, -0.15) is 0 Å². The standard InChI is InChI=1S/C14H16N4O5/c1-21-14(20)10-2-3-11-12(8-10)18(16-15-11)23-9-13(19)17-4-6-22-7-5-17/h2-3,8H,4-7,9H2,1H3. The number of fused-ring (bicyclic) bond motifs is 1. The van der Waals surface area contributed by atoms with Gasteiger partial charge in [-0.1, -0.05) is 4.85 Å². The lowest BCUT2D eigenvalue weighted by atomic mass is 10.2. The Morgan fingerprint density at radius 2 is 2.09 bits per heavy atom. The lowest BCUT2D eigenvalue weighted by Gasteiger charge is -2.26. The molecular formula is C14H16N4O5. The number of aromatic nitrogens is 3. The lowest BCUT2D eigenvalue weighted by molar-refractivity contribution is -0.140. The summed E-state index contributed by atoms with van der Waals surface area (Å²) in [5.41, 5.74) is 1.39. The molecular weight excluding hydrogens is 304 g/mol. The highest BCUT2D eigenvalue weighted by molar-refractivity contribution is 5.93. The van der Waals surface area contributed by atoms with Gasteiger partial charge in [-0.05, 0) is 23.4 Å². The van der Waals surface area contributed by atoms with E-state index in [1.165, 1.54) is 7.11 Å². The number of carbonyl (C=O) groups excluding carboxylic acids is 2. The normalized spacial score (nSPS) is 14.7. The van der Waals surface area contributed by atoms with Crippen LogP contribution in [-0.2, 0) is 14.3 Å². The van der Waals surface area contributed by atoms with Gasteiger partial charge in [-0.3, -0.25) is 4.79 Å². The first-order chi connectivity index (χ1) is 11.2. The van der Waals surface area contributed by atoms with Crippen molar-refractivity contribution in [2.45, 2.75) is 0 Å². The minimum absolute atomic E-state index is 0.152. The predicted molar refractivity (Wildman–Crippen MR) is 77.7 cm³/mol. The fourth-order valence-electron chi connectivity index (χ4n) is 2.26. The molecule has 1 aromatic carbocycles. The van der Waals surface area contributed by atoms with E-state index in [-0.39, 0.29) is 12.5 Å². The second-order valence-electron chi connectivity index (χ2n) is 4.92. The molecule has 0 radical (unpaired) electrons. The van der Waals surface area contributed by atoms with E-state index in [4.69, 9.17) is 9.57 Å². The third-order valence-corrected chi connectivity index (χ3v) is 3.51. The van der Waals surface area contributed by atoms with Crippen molar-refractivity contribution in [1.82, 2.24) is 20.1 Å². The fourth-order valence-corrected chi connectivity index (χ4v) is 2.26. The van der Waals surface area contributed by atoms with Crippen LogP contribution in [0, 0.1) is 0 Å². The maximum absolute atomic E-state index is 12.1. The highest BCUT2D eigenvalue weighted by Crippen LogP contribution is 2.13. The van der Waals surface area contributed by atoms with Crippen molar-refractivity contribution in [3.63, 3.8) is 0 Å². The van der Waals surface area contributed by atoms with E-state index in [0.29, 0.717) is 42.9 Å². The molecule has 0 bridgehead atoms. The molecule has 0 atom stereocenters. The van der Waals surface area contributed by atoms with Crippen LogP contribution in [0.15, 0.2) is 18.2 Å². The van der Waals surface area contributed by atoms with E-state index in [2.05, 4.69) is 15.0 Å². The summed E-state index contributed by atoms with van der Waals surface area (Å²) in [6, 6.07) is 4.78. The highest BCUT2D eigenvalue weighted by atomic mass is 16.7. The van der Waals surface area contributed by atoms with Crippen LogP contribution in [0.5, 0.6) is 0 Å². The quantitative estimate of drug-likeness (QED) is 0.701. The number of methoxy groups -OCH3 is 1. The molecule has 0 unspecified atom stereocenters. The summed E-state index contributed by atoms with van der Waals surface area (Å²) in [4.78, 5) is 31.8. The molecule has 0 spiro atoms. The Bertz CT molecular complexity index is 723. The molecule has 1 saturated heterocycles. The van der Waals surface area contributed by atoms with Crippen LogP contribution in [0.3, 0.4) is 0 Å². The number of morpholine rings is 1. The summed E-state index contributed by atoms with van der Waals surface area (Å²) in [6.07, 6.45) is 0. The number of esters is 1. The predicted octanol–water partition coefficient (Wildman–Crippen LogP) is -0.495. The first-order valence-electron chi connectivity index (χ1n) is 7.11. The molecule has 9 heteroatoms. The van der Waals surface area contributed by atoms with Crippen LogP contribution < -0.4 is 4.84 Å². The molecule has 1 aromatic heterocycles. The smallest absolute Gasteiger partial charge is 0.337 e. The maximum atomic E-state index is 12.1. The lowest BCUT2D eigenvalue weighted by Crippen LogP contribution is -2.43. The summed E-state index contributed by atoms with van der Waals surface area (Å²) >= 11 is 0. The van der Waals surface area contributed by atoms with Crippen molar-refractivity contribution in [1.29, 1.82) is 0 Å². The Morgan fingerprint density at radius 1 is 1.30 bits per heavy atom. The van der Waals surface area contributed by atoms with Crippen LogP contribution in [0.25, 0.3) is 11.0 Å². The SMILES string of the molecule is COC(=O)c1ccc2nnn(OCC(=O)N3CCOCC3)c2c1. The first-order valence-corrected chi connectivity index (χ1v) is 7.11. The second-order valence-corrected chi connectivity index (χ2v) is 4.92. The average Bonchev–Trinajstić information content (AvgIpc) is 3.02. The molecule has 1 fully saturated rings. The Morgan fingerprint density at radius 3 is 2.83 bits per heavy atom. The number of hydrogen-bond acceptors (Lipinski definition) is 7. The number of hydrogen-bond donors (Lipinski definition) is 0. The fraction of sp³-hybridized carbons (Fsp3) is 0.429. The second kappa shape index (κ2) is 6.61. The van der Waals surface area contributed by atoms with Crippen LogP contribution in [-0.4, -0.2) is 72.0 Å². The van der Waals surface area contributed by atoms with Crippen molar-refractivity contribution in [3.05, 3.63) is 23.8 Å². The van der Waals surface area contributed by atoms with E-state index in [9.17, 15) is 9.59 Å². The molecule has 1 amide bonds. The number of ether oxygens (including phenoxy) is 2. The van der Waals surface area contributed by atoms with Crippen molar-refractivity contribution in [2.75, 3.05) is 40.0 Å². The number of rotatable bonds is 4. The minimum Gasteiger partial charge on any atom is -0.465 e. The molecule has 23 heavy (non-hydrogen) atoms. The van der Waals surface area contributed by atoms with E-state index in [0.717, 1.165) is 4.85 Å². The van der Waals surface area contributed by atoms with Crippen molar-refractivity contribution in [2.24, 2.45) is 0 Å². The summed E-state index contributed by atoms with van der Waals surface area (Å²) < 4.78 is 9.87. The molecule has 2 aromatic rings. The summed E-state index contributed by atoms with van der Waals surface area (Å²) in [5, 5.41) is 7.76. The van der Waals surface area contributed by atoms with Gasteiger partial charge in [-0.15, -0.1) is 5.10 Å². The highest BCUT2D eigenvalue weighted by Gasteiger charge is 2.18. The molecule has 0 saturated carbocycles. The number of benzene rings is 1. The zero-order chi connectivity index (χ0) is 16.2. The molecule has 1 aliphatic heterocycles. The van der Waals surface area contributed by atoms with E-state index in [1.807, 2.05) is 0 Å². The number of amides is 1. The Labute approximate surface area is 131 Å². The Hall–Kier alpha value is -2.68. The zero-order valence-corrected chi connectivity index (χ0v) is 12.6. The maximum Gasteiger partial charge on any atom is 0.337 e. The molecule has 122 valence electrons. The molecule has 3 rings (SSSR count). The zero-order valence-electron chi connectivity index (χ0n) is 12.6. The van der Waals surface area contributed by atoms with Crippen molar-refractivity contribution >= 4 is 22.9 Å². The molecule has 1 aliphatic rings. The van der Waals surface area contributed by atoms with Gasteiger partial charge in [0.05, 0.1) is 25.9 Å². The number of nitrogens with zero attached hydrogens (tertiary/aromatic N) is 4. The third kappa shape index (κ3) is 3.24. The first kappa shape index (κ1) is 15.2. The van der Waals surface area contributed by atoms with Crippen LogP contribution in [0.1, 0.15) is 10.4 Å². The molecule has 0 N–H and O–H groups in total. The van der Waals surface area contributed by atoms with Crippen LogP contribution >= 0.6 is 0 Å². The molecule has 2 heterocycles. The van der Waals surface area contributed by atoms with Gasteiger partial charge in [0.2, 0.25) is 0 Å². The summed E-state index contributed by atoms with van der Waals surface area (Å²) in [6.45, 7) is 1.99. The van der Waals surface area contributed by atoms with Crippen molar-refractivity contribution < 1.29 is 23.9 Å². The van der Waals surface area contributed by atoms with Crippen LogP contribution in [0.2, 0.25) is 0 Å². The van der Waals surface area contributed by atoms with E-state index in [1.54, 1.807) is 23.1 Å². The monoisotopic (exact) mass is 320 g/mol. The van der Waals surface area contributed by atoms with Gasteiger partial charge >= 0.3 is 5.97 Å². The largest absolute Gasteiger partial charge is 0.465 e. The average molecular weight is 320 g/mol. The molecule has 9 nitrogen and oxygen atoms in total. The van der Waals surface area contributed by atoms with E-state index >= 15 is 0 Å². The Kier molecular flexibility index (Phi) is 4.38. The van der Waals surface area contributed by atoms with Crippen LogP contribution in [0.4, 0.5) is 0 Å². The Balaban J connectivity index is 1.72. The van der Waals surface area contributed by atoms with Gasteiger partial charge in [-0.25, -0.2) is 4.79 Å². The van der Waals surface area contributed by atoms with Gasteiger partial charge in [0.1, 0.15) is 11.0 Å². The topological polar surface area (TPSA) is 95.8 Å². The van der Waals surface area contributed by atoms with E-state index < -0.39 is 5.97 Å². The number of carbonyl (C=O) groups is 2. The van der Waals surface area contributed by atoms with Gasteiger partial charge in [0.15, 0.2) is 6.61 Å². The third-order valence-electron chi connectivity index (χ3n) is 3.51. The van der Waals surface area contributed by atoms with Gasteiger partial charge < -0.3 is 19.2 Å². The van der Waals surface area contributed by atoms with Gasteiger partial charge in [0, 0.05) is 13.1 Å². The minimum atomic E-state index is -0.468. The molecule has 0 aliphatic carbocycles. The van der Waals surface area contributed by atoms with Gasteiger partial charge in [0.25, 0.3) is 5.91 Å².